The number of ether oxygens (including phenoxy) is 4. The molecule has 0 saturated carbocycles. The zero-order valence-electron chi connectivity index (χ0n) is 14.0. The van der Waals surface area contributed by atoms with Gasteiger partial charge in [-0.05, 0) is 44.0 Å². The van der Waals surface area contributed by atoms with Crippen molar-refractivity contribution in [3.63, 3.8) is 0 Å². The Kier molecular flexibility index (Phi) is 3.76. The van der Waals surface area contributed by atoms with Crippen LogP contribution in [0.2, 0.25) is 0 Å². The van der Waals surface area contributed by atoms with E-state index in [0.717, 1.165) is 0 Å². The fraction of sp³-hybridized carbons (Fsp3) is 0.611. The van der Waals surface area contributed by atoms with Crippen molar-refractivity contribution in [3.8, 4) is 0 Å². The number of carbonyl (C=O) groups excluding carboxylic acids is 1. The van der Waals surface area contributed by atoms with Crippen LogP contribution in [0.1, 0.15) is 48.5 Å². The number of halogens is 1. The van der Waals surface area contributed by atoms with E-state index >= 15 is 0 Å². The van der Waals surface area contributed by atoms with Crippen molar-refractivity contribution in [2.75, 3.05) is 7.11 Å². The highest BCUT2D eigenvalue weighted by Gasteiger charge is 2.57. The second kappa shape index (κ2) is 5.59. The van der Waals surface area contributed by atoms with Gasteiger partial charge in [0.05, 0.1) is 6.10 Å². The summed E-state index contributed by atoms with van der Waals surface area (Å²) in [4.78, 5) is 12.1. The molecule has 0 bridgehead atoms. The molecule has 1 unspecified atom stereocenters. The van der Waals surface area contributed by atoms with Crippen molar-refractivity contribution in [1.82, 2.24) is 0 Å². The van der Waals surface area contributed by atoms with Gasteiger partial charge in [0.15, 0.2) is 17.9 Å². The molecule has 24 heavy (non-hydrogen) atoms. The van der Waals surface area contributed by atoms with Gasteiger partial charge in [0.1, 0.15) is 18.0 Å². The van der Waals surface area contributed by atoms with Gasteiger partial charge >= 0.3 is 0 Å². The second-order valence-corrected chi connectivity index (χ2v) is 7.07. The highest BCUT2D eigenvalue weighted by molar-refractivity contribution is 5.98. The summed E-state index contributed by atoms with van der Waals surface area (Å²) in [6.07, 6.45) is -0.486. The molecule has 0 N–H and O–H groups in total. The van der Waals surface area contributed by atoms with Gasteiger partial charge in [-0.25, -0.2) is 4.39 Å². The molecule has 1 aliphatic carbocycles. The maximum atomic E-state index is 13.8. The average Bonchev–Trinajstić information content (AvgIpc) is 2.98. The maximum absolute atomic E-state index is 13.8. The minimum atomic E-state index is -0.719. The zero-order chi connectivity index (χ0) is 17.1. The first-order chi connectivity index (χ1) is 11.4. The Labute approximate surface area is 140 Å². The van der Waals surface area contributed by atoms with Crippen LogP contribution in [0, 0.1) is 5.82 Å². The number of ketones is 1. The summed E-state index contributed by atoms with van der Waals surface area (Å²) >= 11 is 0. The van der Waals surface area contributed by atoms with E-state index in [1.54, 1.807) is 13.2 Å². The van der Waals surface area contributed by atoms with Crippen LogP contribution in [0.5, 0.6) is 0 Å². The number of Topliss-reactive ketones (excluding diaryl/α,β-unsaturated/α-hetero) is 1. The highest BCUT2D eigenvalue weighted by Crippen LogP contribution is 2.46. The van der Waals surface area contributed by atoms with Gasteiger partial charge in [-0.3, -0.25) is 4.79 Å². The van der Waals surface area contributed by atoms with Gasteiger partial charge in [0.2, 0.25) is 0 Å². The highest BCUT2D eigenvalue weighted by atomic mass is 19.1. The van der Waals surface area contributed by atoms with Crippen molar-refractivity contribution < 1.29 is 28.1 Å². The second-order valence-electron chi connectivity index (χ2n) is 7.07. The quantitative estimate of drug-likeness (QED) is 0.831. The van der Waals surface area contributed by atoms with E-state index in [2.05, 4.69) is 0 Å². The predicted molar refractivity (Wildman–Crippen MR) is 82.2 cm³/mol. The lowest BCUT2D eigenvalue weighted by Crippen LogP contribution is -2.40. The van der Waals surface area contributed by atoms with Gasteiger partial charge in [0.25, 0.3) is 0 Å². The molecule has 4 rings (SSSR count). The molecule has 1 aromatic rings. The molecular weight excluding hydrogens is 315 g/mol. The van der Waals surface area contributed by atoms with E-state index in [1.165, 1.54) is 12.1 Å². The molecule has 2 fully saturated rings. The van der Waals surface area contributed by atoms with E-state index < -0.39 is 12.1 Å². The molecule has 1 aromatic carbocycles. The fourth-order valence-corrected chi connectivity index (χ4v) is 4.11. The molecule has 2 aliphatic heterocycles. The molecule has 0 radical (unpaired) electrons. The van der Waals surface area contributed by atoms with Crippen LogP contribution in [0.15, 0.2) is 18.2 Å². The molecule has 0 spiro atoms. The normalized spacial score (nSPS) is 37.3. The molecular formula is C18H21FO5. The lowest BCUT2D eigenvalue weighted by atomic mass is 9.77. The number of benzene rings is 1. The van der Waals surface area contributed by atoms with Crippen molar-refractivity contribution >= 4 is 5.78 Å². The van der Waals surface area contributed by atoms with E-state index in [1.807, 2.05) is 13.8 Å². The number of fused-ring (bicyclic) bond motifs is 2. The Hall–Kier alpha value is -1.34. The largest absolute Gasteiger partial charge is 0.376 e. The molecule has 130 valence electrons. The minimum Gasteiger partial charge on any atom is -0.376 e. The Morgan fingerprint density at radius 3 is 2.79 bits per heavy atom. The minimum absolute atomic E-state index is 0.0436. The van der Waals surface area contributed by atoms with E-state index in [4.69, 9.17) is 18.9 Å². The first kappa shape index (κ1) is 16.1. The third-order valence-electron chi connectivity index (χ3n) is 5.09. The van der Waals surface area contributed by atoms with Crippen LogP contribution in [0.3, 0.4) is 0 Å². The van der Waals surface area contributed by atoms with Gasteiger partial charge in [-0.2, -0.15) is 0 Å². The third-order valence-corrected chi connectivity index (χ3v) is 5.09. The topological polar surface area (TPSA) is 54.0 Å². The lowest BCUT2D eigenvalue weighted by Gasteiger charge is -2.33. The van der Waals surface area contributed by atoms with Crippen LogP contribution >= 0.6 is 0 Å². The van der Waals surface area contributed by atoms with E-state index in [0.29, 0.717) is 24.0 Å². The molecule has 2 saturated heterocycles. The van der Waals surface area contributed by atoms with E-state index in [-0.39, 0.29) is 35.8 Å². The van der Waals surface area contributed by atoms with Gasteiger partial charge in [-0.1, -0.05) is 0 Å². The number of methoxy groups -OCH3 is 1. The first-order valence-electron chi connectivity index (χ1n) is 8.26. The molecule has 0 aromatic heterocycles. The number of rotatable bonds is 2. The SMILES string of the molecule is CO[C@@H]1[C@H]2OC(C)(C)O[C@H]2O[C@@H]1C1CCC(=O)c2ccc(F)cc21. The number of hydrogen-bond acceptors (Lipinski definition) is 5. The summed E-state index contributed by atoms with van der Waals surface area (Å²) in [5.74, 6) is -1.15. The van der Waals surface area contributed by atoms with Crippen molar-refractivity contribution in [2.45, 2.75) is 63.0 Å². The predicted octanol–water partition coefficient (Wildman–Crippen LogP) is 2.78. The Bertz CT molecular complexity index is 673. The van der Waals surface area contributed by atoms with Gasteiger partial charge in [0, 0.05) is 25.0 Å². The Balaban J connectivity index is 1.67. The van der Waals surface area contributed by atoms with Gasteiger partial charge in [-0.15, -0.1) is 0 Å². The fourth-order valence-electron chi connectivity index (χ4n) is 4.11. The average molecular weight is 336 g/mol. The lowest BCUT2D eigenvalue weighted by molar-refractivity contribution is -0.219. The zero-order valence-corrected chi connectivity index (χ0v) is 14.0. The van der Waals surface area contributed by atoms with Crippen molar-refractivity contribution in [2.24, 2.45) is 0 Å². The monoisotopic (exact) mass is 336 g/mol. The van der Waals surface area contributed by atoms with Crippen LogP contribution in [-0.2, 0) is 18.9 Å². The molecule has 2 heterocycles. The number of hydrogen-bond donors (Lipinski definition) is 0. The summed E-state index contributed by atoms with van der Waals surface area (Å²) in [6.45, 7) is 3.67. The first-order valence-corrected chi connectivity index (χ1v) is 8.26. The maximum Gasteiger partial charge on any atom is 0.190 e. The molecule has 3 aliphatic rings. The van der Waals surface area contributed by atoms with E-state index in [9.17, 15) is 9.18 Å². The smallest absolute Gasteiger partial charge is 0.190 e. The summed E-state index contributed by atoms with van der Waals surface area (Å²) in [5.41, 5.74) is 1.27. The Morgan fingerprint density at radius 1 is 1.25 bits per heavy atom. The van der Waals surface area contributed by atoms with Crippen molar-refractivity contribution in [3.05, 3.63) is 35.1 Å². The van der Waals surface area contributed by atoms with Crippen LogP contribution < -0.4 is 0 Å². The molecule has 5 nitrogen and oxygen atoms in total. The summed E-state index contributed by atoms with van der Waals surface area (Å²) in [5, 5.41) is 0. The Morgan fingerprint density at radius 2 is 2.04 bits per heavy atom. The van der Waals surface area contributed by atoms with Crippen LogP contribution in [0.4, 0.5) is 4.39 Å². The standard InChI is InChI=1S/C18H21FO5/c1-18(2)23-16-15(21-3)14(22-17(16)24-18)11-6-7-13(20)10-5-4-9(19)8-12(10)11/h4-5,8,11,14-17H,6-7H2,1-3H3/t11?,14-,15+,16-,17-/m1/s1. The molecule has 0 amide bonds. The van der Waals surface area contributed by atoms with Crippen LogP contribution in [-0.4, -0.2) is 43.3 Å². The van der Waals surface area contributed by atoms with Gasteiger partial charge < -0.3 is 18.9 Å². The summed E-state index contributed by atoms with van der Waals surface area (Å²) < 4.78 is 37.2. The summed E-state index contributed by atoms with van der Waals surface area (Å²) in [7, 11) is 1.61. The van der Waals surface area contributed by atoms with Crippen molar-refractivity contribution in [1.29, 1.82) is 0 Å². The third kappa shape index (κ3) is 2.49. The molecule has 6 heteroatoms. The summed E-state index contributed by atoms with van der Waals surface area (Å²) in [6, 6.07) is 4.33. The van der Waals surface area contributed by atoms with Crippen LogP contribution in [0.25, 0.3) is 0 Å². The number of carbonyl (C=O) groups is 1. The molecule has 5 atom stereocenters.